The van der Waals surface area contributed by atoms with Gasteiger partial charge in [-0.2, -0.15) is 0 Å². The molecule has 0 saturated heterocycles. The second-order valence-corrected chi connectivity index (χ2v) is 15.2. The standard InChI is InChI=1S/C45H70N2O3/c1-7-10-30-46(6)38-26-28-40-42(33-37(45(48)49)25-23-21-19-17-15-13-14-16-18-20-22-24-36(4)5)41-29-27-39(35-44(41)50-43(40)34-38)47(31-11-8-2)32-12-9-3/h21,23,26-29,34-37H,7-20,22,24-25,30-33H2,1-6H3/p+1/b23-21+. The molecular weight excluding hydrogens is 617 g/mol. The van der Waals surface area contributed by atoms with Crippen molar-refractivity contribution in [3.8, 4) is 11.3 Å². The molecule has 0 aromatic heterocycles. The van der Waals surface area contributed by atoms with E-state index in [1.165, 1.54) is 63.5 Å². The molecule has 0 spiro atoms. The molecule has 2 aliphatic rings. The predicted molar refractivity (Wildman–Crippen MR) is 215 cm³/mol. The molecule has 1 aromatic carbocycles. The highest BCUT2D eigenvalue weighted by Gasteiger charge is 2.24. The molecule has 5 heteroatoms. The van der Waals surface area contributed by atoms with Crippen molar-refractivity contribution >= 4 is 22.6 Å². The second-order valence-electron chi connectivity index (χ2n) is 15.2. The van der Waals surface area contributed by atoms with E-state index in [9.17, 15) is 9.90 Å². The van der Waals surface area contributed by atoms with Crippen molar-refractivity contribution in [2.24, 2.45) is 11.8 Å². The summed E-state index contributed by atoms with van der Waals surface area (Å²) in [5.74, 6) is 0.430. The minimum absolute atomic E-state index is 0.472. The Bertz CT molecular complexity index is 1460. The topological polar surface area (TPSA) is 56.7 Å². The minimum Gasteiger partial charge on any atom is -0.481 e. The molecule has 1 atom stereocenters. The van der Waals surface area contributed by atoms with Gasteiger partial charge in [0.2, 0.25) is 5.36 Å². The molecule has 3 rings (SSSR count). The Morgan fingerprint density at radius 1 is 0.820 bits per heavy atom. The van der Waals surface area contributed by atoms with Crippen LogP contribution in [0.15, 0.2) is 53.0 Å². The summed E-state index contributed by atoms with van der Waals surface area (Å²) in [4.78, 5) is 15.1. The number of carbonyl (C=O) groups is 1. The van der Waals surface area contributed by atoms with E-state index in [1.807, 2.05) is 0 Å². The Labute approximate surface area is 305 Å². The summed E-state index contributed by atoms with van der Waals surface area (Å²) in [5, 5.41) is 12.5. The molecule has 1 N–H and O–H groups in total. The van der Waals surface area contributed by atoms with E-state index in [0.717, 1.165) is 104 Å². The van der Waals surface area contributed by atoms with Crippen LogP contribution in [0.2, 0.25) is 0 Å². The number of aliphatic carboxylic acids is 1. The lowest BCUT2D eigenvalue weighted by Crippen LogP contribution is -2.27. The number of rotatable bonds is 26. The SMILES string of the molecule is CCCCN(CCCC)c1ccc2c(CC(C/C=C/CCCCCCCCCCC(C)C)C(=O)O)c3ccc(=[N+](C)CCCC)cc-3oc2c1. The number of anilines is 1. The summed E-state index contributed by atoms with van der Waals surface area (Å²) in [7, 11) is 2.14. The molecule has 0 fully saturated rings. The zero-order chi connectivity index (χ0) is 36.1. The summed E-state index contributed by atoms with van der Waals surface area (Å²) in [6.07, 6.45) is 25.2. The first-order valence-corrected chi connectivity index (χ1v) is 20.4. The highest BCUT2D eigenvalue weighted by Crippen LogP contribution is 2.36. The van der Waals surface area contributed by atoms with E-state index in [0.29, 0.717) is 12.8 Å². The third-order valence-corrected chi connectivity index (χ3v) is 10.3. The number of carboxylic acids is 1. The largest absolute Gasteiger partial charge is 0.481 e. The third-order valence-electron chi connectivity index (χ3n) is 10.3. The Hall–Kier alpha value is -3.08. The van der Waals surface area contributed by atoms with Gasteiger partial charge < -0.3 is 14.4 Å². The molecule has 5 nitrogen and oxygen atoms in total. The van der Waals surface area contributed by atoms with Crippen LogP contribution in [0.5, 0.6) is 0 Å². The zero-order valence-electron chi connectivity index (χ0n) is 32.8. The monoisotopic (exact) mass is 688 g/mol. The highest BCUT2D eigenvalue weighted by atomic mass is 16.4. The Morgan fingerprint density at radius 2 is 1.48 bits per heavy atom. The first-order chi connectivity index (χ1) is 24.3. The van der Waals surface area contributed by atoms with E-state index in [1.54, 1.807) is 0 Å². The van der Waals surface area contributed by atoms with Gasteiger partial charge in [-0.05, 0) is 68.2 Å². The van der Waals surface area contributed by atoms with E-state index in [-0.39, 0.29) is 0 Å². The smallest absolute Gasteiger partial charge is 0.307 e. The summed E-state index contributed by atoms with van der Waals surface area (Å²) in [6, 6.07) is 13.0. The van der Waals surface area contributed by atoms with E-state index >= 15 is 0 Å². The van der Waals surface area contributed by atoms with E-state index < -0.39 is 11.9 Å². The van der Waals surface area contributed by atoms with Gasteiger partial charge in [0, 0.05) is 48.3 Å². The average Bonchev–Trinajstić information content (AvgIpc) is 3.10. The molecular formula is C45H71N2O3+. The van der Waals surface area contributed by atoms with Crippen LogP contribution < -0.4 is 14.8 Å². The van der Waals surface area contributed by atoms with Gasteiger partial charge >= 0.3 is 5.97 Å². The lowest BCUT2D eigenvalue weighted by molar-refractivity contribution is -0.141. The molecule has 1 aliphatic heterocycles. The second kappa shape index (κ2) is 23.4. The van der Waals surface area contributed by atoms with Gasteiger partial charge in [-0.25, -0.2) is 4.58 Å². The lowest BCUT2D eigenvalue weighted by atomic mass is 9.89. The van der Waals surface area contributed by atoms with Crippen molar-refractivity contribution in [3.63, 3.8) is 0 Å². The fourth-order valence-electron chi connectivity index (χ4n) is 6.97. The Kier molecular flexibility index (Phi) is 19.4. The molecule has 0 saturated carbocycles. The normalized spacial score (nSPS) is 13.2. The predicted octanol–water partition coefficient (Wildman–Crippen LogP) is 11.9. The van der Waals surface area contributed by atoms with Crippen molar-refractivity contribution in [3.05, 3.63) is 59.5 Å². The van der Waals surface area contributed by atoms with Gasteiger partial charge in [-0.15, -0.1) is 0 Å². The number of hydrogen-bond acceptors (Lipinski definition) is 3. The first kappa shape index (κ1) is 41.3. The van der Waals surface area contributed by atoms with Crippen LogP contribution in [0.3, 0.4) is 0 Å². The molecule has 0 bridgehead atoms. The summed E-state index contributed by atoms with van der Waals surface area (Å²) >= 11 is 0. The maximum atomic E-state index is 12.7. The molecule has 1 unspecified atom stereocenters. The zero-order valence-corrected chi connectivity index (χ0v) is 32.8. The molecule has 0 radical (unpaired) electrons. The summed E-state index contributed by atoms with van der Waals surface area (Å²) in [5.41, 5.74) is 4.12. The van der Waals surface area contributed by atoms with Gasteiger partial charge in [0.15, 0.2) is 0 Å². The third kappa shape index (κ3) is 13.9. The fourth-order valence-corrected chi connectivity index (χ4v) is 6.97. The van der Waals surface area contributed by atoms with Crippen molar-refractivity contribution < 1.29 is 14.3 Å². The van der Waals surface area contributed by atoms with Crippen LogP contribution in [-0.2, 0) is 11.2 Å². The van der Waals surface area contributed by atoms with Crippen LogP contribution >= 0.6 is 0 Å². The maximum Gasteiger partial charge on any atom is 0.307 e. The van der Waals surface area contributed by atoms with Gasteiger partial charge in [0.25, 0.3) is 0 Å². The van der Waals surface area contributed by atoms with Crippen LogP contribution in [0.4, 0.5) is 5.69 Å². The van der Waals surface area contributed by atoms with Crippen molar-refractivity contribution in [2.45, 2.75) is 150 Å². The number of unbranched alkanes of at least 4 members (excludes halogenated alkanes) is 11. The van der Waals surface area contributed by atoms with Crippen LogP contribution in [0.1, 0.15) is 149 Å². The highest BCUT2D eigenvalue weighted by molar-refractivity contribution is 5.90. The van der Waals surface area contributed by atoms with Crippen molar-refractivity contribution in [1.82, 2.24) is 4.58 Å². The summed E-state index contributed by atoms with van der Waals surface area (Å²) < 4.78 is 8.98. The fraction of sp³-hybridized carbons (Fsp3) is 0.644. The molecule has 1 aliphatic carbocycles. The number of nitrogens with zero attached hydrogens (tertiary/aromatic N) is 2. The van der Waals surface area contributed by atoms with Gasteiger partial charge in [0.05, 0.1) is 12.0 Å². The van der Waals surface area contributed by atoms with Gasteiger partial charge in [-0.3, -0.25) is 4.79 Å². The number of hydrogen-bond donors (Lipinski definition) is 1. The van der Waals surface area contributed by atoms with Crippen LogP contribution in [0, 0.1) is 11.8 Å². The van der Waals surface area contributed by atoms with E-state index in [2.05, 4.69) is 99.7 Å². The maximum absolute atomic E-state index is 12.7. The van der Waals surface area contributed by atoms with Crippen molar-refractivity contribution in [2.75, 3.05) is 31.6 Å². The Balaban J connectivity index is 1.78. The quantitative estimate of drug-likeness (QED) is 0.0395. The van der Waals surface area contributed by atoms with E-state index in [4.69, 9.17) is 4.42 Å². The molecule has 50 heavy (non-hydrogen) atoms. The van der Waals surface area contributed by atoms with Crippen molar-refractivity contribution in [1.29, 1.82) is 0 Å². The molecule has 1 aromatic rings. The molecule has 0 amide bonds. The van der Waals surface area contributed by atoms with Gasteiger partial charge in [0.1, 0.15) is 24.9 Å². The Morgan fingerprint density at radius 3 is 2.12 bits per heavy atom. The first-order valence-electron chi connectivity index (χ1n) is 20.4. The van der Waals surface area contributed by atoms with Crippen LogP contribution in [-0.4, -0.2) is 37.8 Å². The number of allylic oxidation sites excluding steroid dienone is 2. The lowest BCUT2D eigenvalue weighted by Gasteiger charge is -2.25. The number of carboxylic acid groups (broad SMARTS) is 1. The molecule has 278 valence electrons. The van der Waals surface area contributed by atoms with Gasteiger partial charge in [-0.1, -0.05) is 117 Å². The molecule has 1 heterocycles. The minimum atomic E-state index is -0.733. The summed E-state index contributed by atoms with van der Waals surface area (Å²) in [6.45, 7) is 14.4. The average molecular weight is 688 g/mol. The number of fused-ring (bicyclic) bond motifs is 2. The van der Waals surface area contributed by atoms with Crippen LogP contribution in [0.25, 0.3) is 22.3 Å². The number of benzene rings is 2.